The highest BCUT2D eigenvalue weighted by molar-refractivity contribution is 7.20. The highest BCUT2D eigenvalue weighted by atomic mass is 35.5. The summed E-state index contributed by atoms with van der Waals surface area (Å²) in [5.41, 5.74) is 1.97. The molecule has 26 heavy (non-hydrogen) atoms. The topological polar surface area (TPSA) is 59.0 Å². The monoisotopic (exact) mass is 390 g/mol. The van der Waals surface area contributed by atoms with Crippen molar-refractivity contribution in [3.05, 3.63) is 47.0 Å². The predicted octanol–water partition coefficient (Wildman–Crippen LogP) is 3.55. The minimum Gasteiger partial charge on any atom is -0.351 e. The van der Waals surface area contributed by atoms with E-state index in [0.717, 1.165) is 52.5 Å². The first kappa shape index (κ1) is 18.9. The fourth-order valence-electron chi connectivity index (χ4n) is 3.34. The molecular formula is C19H23ClN4OS. The van der Waals surface area contributed by atoms with E-state index in [1.807, 2.05) is 48.0 Å². The maximum absolute atomic E-state index is 12.5. The van der Waals surface area contributed by atoms with Gasteiger partial charge >= 0.3 is 0 Å². The largest absolute Gasteiger partial charge is 0.351 e. The van der Waals surface area contributed by atoms with Crippen LogP contribution >= 0.6 is 23.7 Å². The zero-order valence-corrected chi connectivity index (χ0v) is 16.3. The van der Waals surface area contributed by atoms with Crippen LogP contribution in [0.5, 0.6) is 0 Å². The van der Waals surface area contributed by atoms with Crippen LogP contribution in [0.3, 0.4) is 0 Å². The number of hydrogen-bond donors (Lipinski definition) is 2. The van der Waals surface area contributed by atoms with Crippen molar-refractivity contribution in [1.82, 2.24) is 20.4 Å². The first-order chi connectivity index (χ1) is 12.2. The van der Waals surface area contributed by atoms with Gasteiger partial charge in [0.15, 0.2) is 0 Å². The van der Waals surface area contributed by atoms with Gasteiger partial charge < -0.3 is 10.6 Å². The van der Waals surface area contributed by atoms with Crippen LogP contribution in [0.4, 0.5) is 0 Å². The van der Waals surface area contributed by atoms with Gasteiger partial charge in [0.25, 0.3) is 5.91 Å². The van der Waals surface area contributed by atoms with Crippen LogP contribution in [0, 0.1) is 12.8 Å². The number of amides is 1. The van der Waals surface area contributed by atoms with Crippen LogP contribution in [-0.2, 0) is 0 Å². The number of carbonyl (C=O) groups is 1. The third-order valence-corrected chi connectivity index (χ3v) is 5.88. The van der Waals surface area contributed by atoms with Crippen molar-refractivity contribution in [2.75, 3.05) is 19.6 Å². The van der Waals surface area contributed by atoms with Crippen molar-refractivity contribution >= 4 is 39.9 Å². The summed E-state index contributed by atoms with van der Waals surface area (Å²) in [7, 11) is 0. The van der Waals surface area contributed by atoms with Crippen molar-refractivity contribution in [2.45, 2.75) is 19.8 Å². The summed E-state index contributed by atoms with van der Waals surface area (Å²) < 4.78 is 1.93. The number of rotatable bonds is 5. The van der Waals surface area contributed by atoms with Crippen molar-refractivity contribution < 1.29 is 4.79 Å². The smallest absolute Gasteiger partial charge is 0.261 e. The van der Waals surface area contributed by atoms with E-state index in [1.165, 1.54) is 17.8 Å². The number of carbonyl (C=O) groups excluding carboxylic acids is 1. The third-order valence-electron chi connectivity index (χ3n) is 4.77. The maximum Gasteiger partial charge on any atom is 0.261 e. The van der Waals surface area contributed by atoms with Gasteiger partial charge in [-0.3, -0.25) is 4.79 Å². The fraction of sp³-hybridized carbons (Fsp3) is 0.368. The number of para-hydroxylation sites is 1. The number of aromatic nitrogens is 2. The first-order valence-electron chi connectivity index (χ1n) is 8.76. The van der Waals surface area contributed by atoms with Crippen LogP contribution in [0.1, 0.15) is 28.2 Å². The Balaban J connectivity index is 0.00000196. The van der Waals surface area contributed by atoms with E-state index in [4.69, 9.17) is 0 Å². The molecule has 0 saturated carbocycles. The molecule has 5 nitrogen and oxygen atoms in total. The Morgan fingerprint density at radius 2 is 2.19 bits per heavy atom. The Morgan fingerprint density at radius 1 is 1.38 bits per heavy atom. The van der Waals surface area contributed by atoms with Crippen molar-refractivity contribution in [3.8, 4) is 5.69 Å². The predicted molar refractivity (Wildman–Crippen MR) is 109 cm³/mol. The number of hydrogen-bond acceptors (Lipinski definition) is 4. The van der Waals surface area contributed by atoms with Crippen molar-refractivity contribution in [1.29, 1.82) is 0 Å². The molecule has 1 unspecified atom stereocenters. The Labute approximate surface area is 163 Å². The first-order valence-corrected chi connectivity index (χ1v) is 9.57. The lowest BCUT2D eigenvalue weighted by Crippen LogP contribution is -2.25. The van der Waals surface area contributed by atoms with E-state index in [9.17, 15) is 4.79 Å². The average molecular weight is 391 g/mol. The molecule has 3 aromatic rings. The molecule has 4 rings (SSSR count). The minimum absolute atomic E-state index is 0. The van der Waals surface area contributed by atoms with E-state index < -0.39 is 0 Å². The van der Waals surface area contributed by atoms with Gasteiger partial charge in [0.05, 0.1) is 16.3 Å². The van der Waals surface area contributed by atoms with Crippen LogP contribution in [-0.4, -0.2) is 35.3 Å². The molecule has 1 aromatic carbocycles. The molecule has 0 aliphatic carbocycles. The highest BCUT2D eigenvalue weighted by Crippen LogP contribution is 2.30. The standard InChI is InChI=1S/C19H22N4OS.ClH/c1-13-16-11-17(18(24)21-10-8-14-7-9-20-12-14)25-19(16)23(22-13)15-5-3-2-4-6-15;/h2-6,11,14,20H,7-10,12H2,1H3,(H,21,24);1H. The lowest BCUT2D eigenvalue weighted by molar-refractivity contribution is 0.0956. The molecule has 2 N–H and O–H groups in total. The molecule has 1 aliphatic heterocycles. The summed E-state index contributed by atoms with van der Waals surface area (Å²) in [6.07, 6.45) is 2.26. The molecule has 0 bridgehead atoms. The zero-order chi connectivity index (χ0) is 17.2. The van der Waals surface area contributed by atoms with Crippen LogP contribution in [0.15, 0.2) is 36.4 Å². The molecule has 1 fully saturated rings. The van der Waals surface area contributed by atoms with E-state index in [-0.39, 0.29) is 18.3 Å². The molecule has 1 amide bonds. The minimum atomic E-state index is 0. The summed E-state index contributed by atoms with van der Waals surface area (Å²) in [5, 5.41) is 12.1. The second-order valence-electron chi connectivity index (χ2n) is 6.57. The summed E-state index contributed by atoms with van der Waals surface area (Å²) in [5.74, 6) is 0.711. The van der Waals surface area contributed by atoms with Gasteiger partial charge in [-0.2, -0.15) is 5.10 Å². The molecular weight excluding hydrogens is 368 g/mol. The highest BCUT2D eigenvalue weighted by Gasteiger charge is 2.18. The van der Waals surface area contributed by atoms with Crippen LogP contribution in [0.25, 0.3) is 15.9 Å². The van der Waals surface area contributed by atoms with E-state index in [1.54, 1.807) is 0 Å². The molecule has 7 heteroatoms. The third kappa shape index (κ3) is 3.77. The van der Waals surface area contributed by atoms with Crippen molar-refractivity contribution in [2.24, 2.45) is 5.92 Å². The SMILES string of the molecule is Cc1nn(-c2ccccc2)c2sc(C(=O)NCCC3CCNC3)cc12.Cl. The molecule has 3 heterocycles. The molecule has 0 radical (unpaired) electrons. The number of halogens is 1. The molecule has 1 atom stereocenters. The number of benzene rings is 1. The van der Waals surface area contributed by atoms with Gasteiger partial charge in [0.2, 0.25) is 0 Å². The number of nitrogens with one attached hydrogen (secondary N) is 2. The fourth-order valence-corrected chi connectivity index (χ4v) is 4.44. The zero-order valence-electron chi connectivity index (χ0n) is 14.7. The van der Waals surface area contributed by atoms with Gasteiger partial charge in [-0.25, -0.2) is 4.68 Å². The molecule has 2 aromatic heterocycles. The maximum atomic E-state index is 12.5. The number of aryl methyl sites for hydroxylation is 1. The molecule has 1 aliphatic rings. The van der Waals surface area contributed by atoms with Crippen molar-refractivity contribution in [3.63, 3.8) is 0 Å². The van der Waals surface area contributed by atoms with Gasteiger partial charge in [0.1, 0.15) is 4.83 Å². The lowest BCUT2D eigenvalue weighted by Gasteiger charge is -2.08. The normalized spacial score (nSPS) is 16.6. The molecule has 1 saturated heterocycles. The lowest BCUT2D eigenvalue weighted by atomic mass is 10.1. The summed E-state index contributed by atoms with van der Waals surface area (Å²) in [6.45, 7) is 4.90. The molecule has 0 spiro atoms. The number of fused-ring (bicyclic) bond motifs is 1. The Kier molecular flexibility index (Phi) is 5.96. The second kappa shape index (κ2) is 8.20. The summed E-state index contributed by atoms with van der Waals surface area (Å²) in [4.78, 5) is 14.3. The average Bonchev–Trinajstić information content (AvgIpc) is 3.34. The Bertz CT molecular complexity index is 884. The number of nitrogens with zero attached hydrogens (tertiary/aromatic N) is 2. The number of thiophene rings is 1. The van der Waals surface area contributed by atoms with E-state index in [2.05, 4.69) is 15.7 Å². The quantitative estimate of drug-likeness (QED) is 0.700. The van der Waals surface area contributed by atoms with Gasteiger partial charge in [0, 0.05) is 11.9 Å². The summed E-state index contributed by atoms with van der Waals surface area (Å²) >= 11 is 1.51. The van der Waals surface area contributed by atoms with Gasteiger partial charge in [-0.05, 0) is 57.0 Å². The van der Waals surface area contributed by atoms with Crippen LogP contribution < -0.4 is 10.6 Å². The molecule has 138 valence electrons. The summed E-state index contributed by atoms with van der Waals surface area (Å²) in [6, 6.07) is 12.0. The van der Waals surface area contributed by atoms with Gasteiger partial charge in [-0.15, -0.1) is 23.7 Å². The Morgan fingerprint density at radius 3 is 2.92 bits per heavy atom. The van der Waals surface area contributed by atoms with Crippen LogP contribution in [0.2, 0.25) is 0 Å². The van der Waals surface area contributed by atoms with E-state index in [0.29, 0.717) is 5.92 Å². The Hall–Kier alpha value is -1.89. The van der Waals surface area contributed by atoms with E-state index >= 15 is 0 Å². The van der Waals surface area contributed by atoms with Gasteiger partial charge in [-0.1, -0.05) is 18.2 Å². The second-order valence-corrected chi connectivity index (χ2v) is 7.60.